The molecule has 1 aromatic heterocycles. The summed E-state index contributed by atoms with van der Waals surface area (Å²) in [5.41, 5.74) is -1.28. The molecule has 1 heterocycles. The van der Waals surface area contributed by atoms with Crippen molar-refractivity contribution in [3.8, 4) is 0 Å². The molecule has 0 aromatic carbocycles. The SMILES string of the molecule is CC1(C)C(=O)C=CC2(C)C1C(O)C(O)C1(C)C2CCC2(C)C(c3ccoc3)CC(=O)C21. The summed E-state index contributed by atoms with van der Waals surface area (Å²) in [5, 5.41) is 23.1. The normalized spacial score (nSPS) is 50.7. The van der Waals surface area contributed by atoms with Gasteiger partial charge in [-0.25, -0.2) is 0 Å². The van der Waals surface area contributed by atoms with Crippen LogP contribution in [0.3, 0.4) is 0 Å². The Labute approximate surface area is 183 Å². The average Bonchev–Trinajstić information content (AvgIpc) is 3.30. The van der Waals surface area contributed by atoms with Gasteiger partial charge in [0.15, 0.2) is 5.78 Å². The van der Waals surface area contributed by atoms with Crippen LogP contribution in [0.5, 0.6) is 0 Å². The summed E-state index contributed by atoms with van der Waals surface area (Å²) in [6.45, 7) is 10.1. The van der Waals surface area contributed by atoms with E-state index in [0.29, 0.717) is 6.42 Å². The fourth-order valence-corrected chi connectivity index (χ4v) is 8.98. The van der Waals surface area contributed by atoms with E-state index in [0.717, 1.165) is 18.4 Å². The monoisotopic (exact) mass is 426 g/mol. The van der Waals surface area contributed by atoms with Crippen LogP contribution in [-0.4, -0.2) is 34.0 Å². The number of aliphatic hydroxyl groups excluding tert-OH is 2. The Morgan fingerprint density at radius 1 is 1.10 bits per heavy atom. The standard InChI is InChI=1S/C26H34O5/c1-23(2)18(28)7-10-25(4)17-6-9-24(3)15(14-8-11-31-13-14)12-16(27)20(24)26(17,5)22(30)19(29)21(23)25/h7-8,10-11,13,15,17,19-22,29-30H,6,9,12H2,1-5H3. The zero-order valence-electron chi connectivity index (χ0n) is 19.1. The number of carbonyl (C=O) groups excluding carboxylic acids is 2. The zero-order valence-corrected chi connectivity index (χ0v) is 19.1. The van der Waals surface area contributed by atoms with Crippen LogP contribution >= 0.6 is 0 Å². The second-order valence-electron chi connectivity index (χ2n) is 11.9. The van der Waals surface area contributed by atoms with Gasteiger partial charge in [0.1, 0.15) is 5.78 Å². The highest BCUT2D eigenvalue weighted by Crippen LogP contribution is 2.73. The molecule has 0 radical (unpaired) electrons. The minimum atomic E-state index is -1.07. The van der Waals surface area contributed by atoms with Gasteiger partial charge in [0.25, 0.3) is 0 Å². The molecule has 2 N–H and O–H groups in total. The average molecular weight is 427 g/mol. The van der Waals surface area contributed by atoms with Crippen LogP contribution in [0, 0.1) is 39.4 Å². The first-order valence-electron chi connectivity index (χ1n) is 11.5. The Morgan fingerprint density at radius 2 is 1.81 bits per heavy atom. The van der Waals surface area contributed by atoms with Crippen molar-refractivity contribution < 1.29 is 24.2 Å². The second kappa shape index (κ2) is 6.20. The fraction of sp³-hybridized carbons (Fsp3) is 0.692. The molecule has 0 bridgehead atoms. The van der Waals surface area contributed by atoms with Crippen LogP contribution in [0.2, 0.25) is 0 Å². The van der Waals surface area contributed by atoms with Crippen LogP contribution in [0.4, 0.5) is 0 Å². The summed E-state index contributed by atoms with van der Waals surface area (Å²) >= 11 is 0. The fourth-order valence-electron chi connectivity index (χ4n) is 8.98. The quantitative estimate of drug-likeness (QED) is 0.711. The lowest BCUT2D eigenvalue weighted by molar-refractivity contribution is -0.251. The van der Waals surface area contributed by atoms with Gasteiger partial charge in [0.05, 0.1) is 24.7 Å². The highest BCUT2D eigenvalue weighted by atomic mass is 16.3. The lowest BCUT2D eigenvalue weighted by Gasteiger charge is -2.68. The molecule has 9 unspecified atom stereocenters. The van der Waals surface area contributed by atoms with Crippen molar-refractivity contribution in [3.63, 3.8) is 0 Å². The predicted octanol–water partition coefficient (Wildman–Crippen LogP) is 3.90. The van der Waals surface area contributed by atoms with Crippen molar-refractivity contribution in [3.05, 3.63) is 36.3 Å². The van der Waals surface area contributed by atoms with E-state index >= 15 is 0 Å². The van der Waals surface area contributed by atoms with Crippen molar-refractivity contribution in [1.29, 1.82) is 0 Å². The molecule has 5 nitrogen and oxygen atoms in total. The smallest absolute Gasteiger partial charge is 0.161 e. The van der Waals surface area contributed by atoms with Crippen LogP contribution in [0.15, 0.2) is 35.2 Å². The third-order valence-corrected chi connectivity index (χ3v) is 10.2. The number of hydrogen-bond donors (Lipinski definition) is 2. The van der Waals surface area contributed by atoms with E-state index in [-0.39, 0.29) is 34.7 Å². The number of hydrogen-bond acceptors (Lipinski definition) is 5. The van der Waals surface area contributed by atoms with E-state index in [2.05, 4.69) is 13.8 Å². The molecule has 168 valence electrons. The highest BCUT2D eigenvalue weighted by molar-refractivity contribution is 5.96. The molecule has 0 aliphatic heterocycles. The second-order valence-corrected chi connectivity index (χ2v) is 11.9. The van der Waals surface area contributed by atoms with E-state index < -0.39 is 34.4 Å². The number of furan rings is 1. The van der Waals surface area contributed by atoms with Gasteiger partial charge >= 0.3 is 0 Å². The van der Waals surface area contributed by atoms with Crippen molar-refractivity contribution in [2.24, 2.45) is 39.4 Å². The summed E-state index contributed by atoms with van der Waals surface area (Å²) in [5.74, 6) is -0.536. The maximum atomic E-state index is 13.6. The first kappa shape index (κ1) is 21.1. The molecule has 4 aliphatic rings. The van der Waals surface area contributed by atoms with Crippen LogP contribution in [0.25, 0.3) is 0 Å². The number of aliphatic hydroxyl groups is 2. The topological polar surface area (TPSA) is 87.7 Å². The summed E-state index contributed by atoms with van der Waals surface area (Å²) in [6, 6.07) is 1.95. The Balaban J connectivity index is 1.66. The molecule has 31 heavy (non-hydrogen) atoms. The van der Waals surface area contributed by atoms with E-state index in [1.54, 1.807) is 18.6 Å². The first-order valence-corrected chi connectivity index (χ1v) is 11.5. The molecule has 5 rings (SSSR count). The summed E-state index contributed by atoms with van der Waals surface area (Å²) < 4.78 is 5.33. The molecule has 0 amide bonds. The predicted molar refractivity (Wildman–Crippen MR) is 115 cm³/mol. The van der Waals surface area contributed by atoms with Gasteiger partial charge in [-0.05, 0) is 53.2 Å². The van der Waals surface area contributed by atoms with Crippen molar-refractivity contribution in [2.75, 3.05) is 0 Å². The molecule has 3 fully saturated rings. The lowest BCUT2D eigenvalue weighted by Crippen LogP contribution is -2.71. The molecular weight excluding hydrogens is 392 g/mol. The van der Waals surface area contributed by atoms with Crippen LogP contribution < -0.4 is 0 Å². The molecule has 3 saturated carbocycles. The van der Waals surface area contributed by atoms with Gasteiger partial charge < -0.3 is 14.6 Å². The number of carbonyl (C=O) groups is 2. The van der Waals surface area contributed by atoms with Crippen molar-refractivity contribution in [1.82, 2.24) is 0 Å². The number of ketones is 2. The highest BCUT2D eigenvalue weighted by Gasteiger charge is 2.73. The molecule has 1 aromatic rings. The first-order chi connectivity index (χ1) is 14.4. The minimum absolute atomic E-state index is 0.00264. The van der Waals surface area contributed by atoms with Gasteiger partial charge in [-0.1, -0.05) is 40.7 Å². The summed E-state index contributed by atoms with van der Waals surface area (Å²) in [7, 11) is 0. The van der Waals surface area contributed by atoms with Gasteiger partial charge in [0.2, 0.25) is 0 Å². The van der Waals surface area contributed by atoms with Crippen molar-refractivity contribution in [2.45, 2.75) is 72.0 Å². The Kier molecular flexibility index (Phi) is 4.23. The maximum Gasteiger partial charge on any atom is 0.161 e. The molecule has 0 spiro atoms. The number of Topliss-reactive ketones (excluding diaryl/α,β-unsaturated/α-hetero) is 1. The number of allylic oxidation sites excluding steroid dienone is 2. The van der Waals surface area contributed by atoms with E-state index in [1.165, 1.54) is 0 Å². The summed E-state index contributed by atoms with van der Waals surface area (Å²) in [6.07, 6.45) is 7.04. The van der Waals surface area contributed by atoms with Crippen molar-refractivity contribution >= 4 is 11.6 Å². The Morgan fingerprint density at radius 3 is 2.45 bits per heavy atom. The molecule has 0 saturated heterocycles. The Bertz CT molecular complexity index is 960. The summed E-state index contributed by atoms with van der Waals surface area (Å²) in [4.78, 5) is 26.3. The lowest BCUT2D eigenvalue weighted by atomic mass is 9.36. The van der Waals surface area contributed by atoms with Crippen LogP contribution in [-0.2, 0) is 9.59 Å². The minimum Gasteiger partial charge on any atom is -0.472 e. The van der Waals surface area contributed by atoms with Gasteiger partial charge in [-0.3, -0.25) is 9.59 Å². The number of fused-ring (bicyclic) bond motifs is 5. The molecule has 4 aliphatic carbocycles. The van der Waals surface area contributed by atoms with E-state index in [1.807, 2.05) is 32.9 Å². The molecular formula is C26H34O5. The van der Waals surface area contributed by atoms with Gasteiger partial charge in [-0.15, -0.1) is 0 Å². The maximum absolute atomic E-state index is 13.6. The van der Waals surface area contributed by atoms with E-state index in [4.69, 9.17) is 4.42 Å². The Hall–Kier alpha value is -1.72. The zero-order chi connectivity index (χ0) is 22.6. The van der Waals surface area contributed by atoms with Gasteiger partial charge in [-0.2, -0.15) is 0 Å². The van der Waals surface area contributed by atoms with Crippen LogP contribution in [0.1, 0.15) is 65.4 Å². The largest absolute Gasteiger partial charge is 0.472 e. The van der Waals surface area contributed by atoms with E-state index in [9.17, 15) is 19.8 Å². The third-order valence-electron chi connectivity index (χ3n) is 10.2. The molecule has 5 heteroatoms. The van der Waals surface area contributed by atoms with Gasteiger partial charge in [0, 0.05) is 29.1 Å². The third kappa shape index (κ3) is 2.34. The number of rotatable bonds is 1. The molecule has 9 atom stereocenters.